The largest absolute Gasteiger partial charge is 0.432 e. The Labute approximate surface area is 147 Å². The highest BCUT2D eigenvalue weighted by Gasteiger charge is 2.25. The average Bonchev–Trinajstić information content (AvgIpc) is 3.18. The van der Waals surface area contributed by atoms with Gasteiger partial charge in [-0.15, -0.1) is 0 Å². The summed E-state index contributed by atoms with van der Waals surface area (Å²) in [6, 6.07) is 0. The molecule has 3 heterocycles. The minimum absolute atomic E-state index is 0.574. The van der Waals surface area contributed by atoms with Crippen molar-refractivity contribution in [3.63, 3.8) is 0 Å². The van der Waals surface area contributed by atoms with Crippen LogP contribution >= 0.6 is 0 Å². The molecule has 3 aromatic rings. The maximum Gasteiger partial charge on any atom is 0.229 e. The van der Waals surface area contributed by atoms with Crippen LogP contribution < -0.4 is 5.32 Å². The van der Waals surface area contributed by atoms with E-state index in [1.54, 1.807) is 13.4 Å². The van der Waals surface area contributed by atoms with Crippen molar-refractivity contribution >= 4 is 28.0 Å². The quantitative estimate of drug-likeness (QED) is 0.692. The molecule has 1 aliphatic rings. The normalized spacial score (nSPS) is 13.9. The predicted octanol–water partition coefficient (Wildman–Crippen LogP) is 3.52. The molecule has 3 aromatic heterocycles. The highest BCUT2D eigenvalue weighted by molar-refractivity contribution is 6.06. The number of ether oxygens (including phenoxy) is 1. The van der Waals surface area contributed by atoms with Gasteiger partial charge in [-0.2, -0.15) is 0 Å². The van der Waals surface area contributed by atoms with Gasteiger partial charge in [-0.3, -0.25) is 0 Å². The number of anilines is 1. The molecule has 0 amide bonds. The van der Waals surface area contributed by atoms with Crippen LogP contribution in [0.4, 0.5) is 5.82 Å². The fraction of sp³-hybridized carbons (Fsp3) is 0.526. The molecule has 132 valence electrons. The van der Waals surface area contributed by atoms with E-state index in [4.69, 9.17) is 14.1 Å². The summed E-state index contributed by atoms with van der Waals surface area (Å²) < 4.78 is 11.2. The van der Waals surface area contributed by atoms with Gasteiger partial charge in [0.15, 0.2) is 11.4 Å². The summed E-state index contributed by atoms with van der Waals surface area (Å²) >= 11 is 0. The first kappa shape index (κ1) is 16.3. The third-order valence-electron chi connectivity index (χ3n) is 4.76. The highest BCUT2D eigenvalue weighted by atomic mass is 16.5. The molecule has 1 aliphatic carbocycles. The van der Waals surface area contributed by atoms with Crippen molar-refractivity contribution in [2.75, 3.05) is 25.6 Å². The van der Waals surface area contributed by atoms with E-state index in [2.05, 4.69) is 29.1 Å². The number of aryl methyl sites for hydroxylation is 1. The SMILES string of the molecule is COCCNc1ncnc2c1oc1nc(CC(C)C)c3c(c12)CCC3. The molecule has 0 atom stereocenters. The first-order chi connectivity index (χ1) is 12.2. The summed E-state index contributed by atoms with van der Waals surface area (Å²) in [6.45, 7) is 5.74. The molecular weight excluding hydrogens is 316 g/mol. The summed E-state index contributed by atoms with van der Waals surface area (Å²) in [4.78, 5) is 13.7. The number of nitrogens with zero attached hydrogens (tertiary/aromatic N) is 3. The van der Waals surface area contributed by atoms with Crippen LogP contribution in [0.2, 0.25) is 0 Å². The summed E-state index contributed by atoms with van der Waals surface area (Å²) in [5, 5.41) is 4.34. The molecule has 0 aliphatic heterocycles. The van der Waals surface area contributed by atoms with Crippen molar-refractivity contribution in [2.24, 2.45) is 5.92 Å². The molecule has 0 bridgehead atoms. The Hall–Kier alpha value is -2.21. The van der Waals surface area contributed by atoms with Crippen LogP contribution in [0.25, 0.3) is 22.2 Å². The Kier molecular flexibility index (Phi) is 4.29. The monoisotopic (exact) mass is 340 g/mol. The van der Waals surface area contributed by atoms with Gasteiger partial charge in [0.05, 0.1) is 12.0 Å². The first-order valence-electron chi connectivity index (χ1n) is 8.99. The molecule has 6 heteroatoms. The lowest BCUT2D eigenvalue weighted by molar-refractivity contribution is 0.210. The molecule has 25 heavy (non-hydrogen) atoms. The number of rotatable bonds is 6. The summed E-state index contributed by atoms with van der Waals surface area (Å²) in [7, 11) is 1.68. The maximum absolute atomic E-state index is 6.12. The van der Waals surface area contributed by atoms with Crippen LogP contribution in [0.5, 0.6) is 0 Å². The molecule has 0 unspecified atom stereocenters. The number of nitrogens with one attached hydrogen (secondary N) is 1. The molecule has 0 radical (unpaired) electrons. The van der Waals surface area contributed by atoms with Crippen molar-refractivity contribution in [2.45, 2.75) is 39.5 Å². The van der Waals surface area contributed by atoms with E-state index in [0.29, 0.717) is 36.2 Å². The number of methoxy groups -OCH3 is 1. The Balaban J connectivity index is 1.89. The molecule has 6 nitrogen and oxygen atoms in total. The van der Waals surface area contributed by atoms with Gasteiger partial charge >= 0.3 is 0 Å². The van der Waals surface area contributed by atoms with Crippen LogP contribution in [0.1, 0.15) is 37.1 Å². The second-order valence-electron chi connectivity index (χ2n) is 7.07. The Morgan fingerprint density at radius 2 is 2.08 bits per heavy atom. The molecule has 1 N–H and O–H groups in total. The Morgan fingerprint density at radius 3 is 2.88 bits per heavy atom. The zero-order chi connectivity index (χ0) is 17.4. The molecule has 0 saturated carbocycles. The molecular formula is C19H24N4O2. The van der Waals surface area contributed by atoms with E-state index in [9.17, 15) is 0 Å². The summed E-state index contributed by atoms with van der Waals surface area (Å²) in [5.41, 5.74) is 6.23. The van der Waals surface area contributed by atoms with Crippen LogP contribution in [0, 0.1) is 5.92 Å². The minimum atomic E-state index is 0.574. The molecule has 0 fully saturated rings. The second kappa shape index (κ2) is 6.59. The number of aromatic nitrogens is 3. The van der Waals surface area contributed by atoms with Gasteiger partial charge in [-0.05, 0) is 42.7 Å². The van der Waals surface area contributed by atoms with Crippen LogP contribution in [-0.4, -0.2) is 35.2 Å². The lowest BCUT2D eigenvalue weighted by atomic mass is 9.99. The predicted molar refractivity (Wildman–Crippen MR) is 98.0 cm³/mol. The van der Waals surface area contributed by atoms with E-state index in [1.807, 2.05) is 0 Å². The van der Waals surface area contributed by atoms with E-state index in [-0.39, 0.29) is 0 Å². The van der Waals surface area contributed by atoms with Crippen molar-refractivity contribution < 1.29 is 9.15 Å². The van der Waals surface area contributed by atoms with Crippen molar-refractivity contribution in [3.8, 4) is 0 Å². The van der Waals surface area contributed by atoms with Crippen LogP contribution in [-0.2, 0) is 24.0 Å². The number of fused-ring (bicyclic) bond motifs is 5. The third kappa shape index (κ3) is 2.84. The van der Waals surface area contributed by atoms with Crippen LogP contribution in [0.3, 0.4) is 0 Å². The lowest BCUT2D eigenvalue weighted by Crippen LogP contribution is -2.09. The number of furan rings is 1. The zero-order valence-electron chi connectivity index (χ0n) is 15.1. The third-order valence-corrected chi connectivity index (χ3v) is 4.76. The van der Waals surface area contributed by atoms with Gasteiger partial charge in [-0.1, -0.05) is 13.8 Å². The highest BCUT2D eigenvalue weighted by Crippen LogP contribution is 2.38. The Bertz CT molecular complexity index is 917. The number of pyridine rings is 1. The van der Waals surface area contributed by atoms with Gasteiger partial charge in [0, 0.05) is 19.3 Å². The minimum Gasteiger partial charge on any atom is -0.432 e. The van der Waals surface area contributed by atoms with E-state index in [0.717, 1.165) is 30.2 Å². The van der Waals surface area contributed by atoms with E-state index in [1.165, 1.54) is 23.2 Å². The molecule has 4 rings (SSSR count). The van der Waals surface area contributed by atoms with E-state index < -0.39 is 0 Å². The lowest BCUT2D eigenvalue weighted by Gasteiger charge is -2.10. The molecule has 0 aromatic carbocycles. The fourth-order valence-corrected chi connectivity index (χ4v) is 3.73. The standard InChI is InChI=1S/C19H24N4O2/c1-11(2)9-14-12-5-4-6-13(12)15-16-17(25-19(15)23-14)18(22-10-21-16)20-7-8-24-3/h10-11H,4-9H2,1-3H3,(H,20,21,22). The van der Waals surface area contributed by atoms with Crippen molar-refractivity contribution in [1.82, 2.24) is 15.0 Å². The van der Waals surface area contributed by atoms with Gasteiger partial charge < -0.3 is 14.5 Å². The van der Waals surface area contributed by atoms with Gasteiger partial charge in [0.2, 0.25) is 5.71 Å². The molecule has 0 saturated heterocycles. The second-order valence-corrected chi connectivity index (χ2v) is 7.07. The molecule has 0 spiro atoms. The van der Waals surface area contributed by atoms with Gasteiger partial charge in [-0.25, -0.2) is 15.0 Å². The average molecular weight is 340 g/mol. The van der Waals surface area contributed by atoms with Crippen molar-refractivity contribution in [3.05, 3.63) is 23.1 Å². The summed E-state index contributed by atoms with van der Waals surface area (Å²) in [6.07, 6.45) is 5.94. The first-order valence-corrected chi connectivity index (χ1v) is 8.99. The van der Waals surface area contributed by atoms with Gasteiger partial charge in [0.25, 0.3) is 0 Å². The Morgan fingerprint density at radius 1 is 1.24 bits per heavy atom. The van der Waals surface area contributed by atoms with E-state index >= 15 is 0 Å². The summed E-state index contributed by atoms with van der Waals surface area (Å²) in [5.74, 6) is 1.28. The topological polar surface area (TPSA) is 73.1 Å². The smallest absolute Gasteiger partial charge is 0.229 e. The maximum atomic E-state index is 6.12. The van der Waals surface area contributed by atoms with Gasteiger partial charge in [0.1, 0.15) is 11.8 Å². The number of hydrogen-bond acceptors (Lipinski definition) is 6. The fourth-order valence-electron chi connectivity index (χ4n) is 3.73. The zero-order valence-corrected chi connectivity index (χ0v) is 15.1. The van der Waals surface area contributed by atoms with Crippen molar-refractivity contribution in [1.29, 1.82) is 0 Å². The number of hydrogen-bond donors (Lipinski definition) is 1. The van der Waals surface area contributed by atoms with Crippen LogP contribution in [0.15, 0.2) is 10.7 Å².